The minimum atomic E-state index is -0.0582. The lowest BCUT2D eigenvalue weighted by atomic mass is 10.1. The Bertz CT molecular complexity index is 511. The van der Waals surface area contributed by atoms with Crippen LogP contribution < -0.4 is 0 Å². The van der Waals surface area contributed by atoms with E-state index in [1.807, 2.05) is 17.7 Å². The van der Waals surface area contributed by atoms with Crippen LogP contribution in [0, 0.1) is 13.8 Å². The van der Waals surface area contributed by atoms with E-state index in [2.05, 4.69) is 18.9 Å². The Morgan fingerprint density at radius 3 is 2.53 bits per heavy atom. The lowest BCUT2D eigenvalue weighted by Gasteiger charge is -2.02. The third-order valence-corrected chi connectivity index (χ3v) is 3.06. The molecule has 4 nitrogen and oxygen atoms in total. The molecule has 17 heavy (non-hydrogen) atoms. The first-order valence-corrected chi connectivity index (χ1v) is 5.87. The minimum absolute atomic E-state index is 0.0582. The number of hydrogen-bond donors (Lipinski definition) is 1. The molecule has 4 heteroatoms. The third-order valence-electron chi connectivity index (χ3n) is 3.06. The number of aryl methyl sites for hydroxylation is 1. The maximum Gasteiger partial charge on any atom is 0.129 e. The van der Waals surface area contributed by atoms with Gasteiger partial charge in [0.25, 0.3) is 0 Å². The summed E-state index contributed by atoms with van der Waals surface area (Å²) in [6.07, 6.45) is 0.998. The van der Waals surface area contributed by atoms with Crippen LogP contribution in [0.5, 0.6) is 0 Å². The lowest BCUT2D eigenvalue weighted by Crippen LogP contribution is -2.03. The molecule has 0 saturated heterocycles. The Morgan fingerprint density at radius 2 is 2.00 bits per heavy atom. The maximum absolute atomic E-state index is 8.94. The quantitative estimate of drug-likeness (QED) is 0.882. The van der Waals surface area contributed by atoms with Crippen molar-refractivity contribution in [3.05, 3.63) is 40.6 Å². The molecule has 0 aliphatic heterocycles. The Labute approximate surface area is 101 Å². The van der Waals surface area contributed by atoms with E-state index < -0.39 is 0 Å². The molecule has 0 atom stereocenters. The average Bonchev–Trinajstić information content (AvgIpc) is 2.86. The molecular formula is C13H18N2O2. The van der Waals surface area contributed by atoms with E-state index in [1.165, 1.54) is 11.3 Å². The summed E-state index contributed by atoms with van der Waals surface area (Å²) in [5.74, 6) is 1.42. The fraction of sp³-hybridized carbons (Fsp3) is 0.462. The second-order valence-electron chi connectivity index (χ2n) is 4.19. The summed E-state index contributed by atoms with van der Waals surface area (Å²) < 4.78 is 7.42. The van der Waals surface area contributed by atoms with Gasteiger partial charge in [0, 0.05) is 5.69 Å². The van der Waals surface area contributed by atoms with Gasteiger partial charge in [0.1, 0.15) is 18.1 Å². The third kappa shape index (κ3) is 2.26. The smallest absolute Gasteiger partial charge is 0.129 e. The lowest BCUT2D eigenvalue weighted by molar-refractivity contribution is 0.242. The molecule has 2 rings (SSSR count). The van der Waals surface area contributed by atoms with Gasteiger partial charge in [-0.05, 0) is 38.0 Å². The zero-order valence-corrected chi connectivity index (χ0v) is 10.5. The summed E-state index contributed by atoms with van der Waals surface area (Å²) in [6.45, 7) is 6.81. The highest BCUT2D eigenvalue weighted by atomic mass is 16.4. The molecule has 92 valence electrons. The number of nitrogens with zero attached hydrogens (tertiary/aromatic N) is 2. The van der Waals surface area contributed by atoms with E-state index in [0.29, 0.717) is 12.3 Å². The van der Waals surface area contributed by atoms with E-state index >= 15 is 0 Å². The van der Waals surface area contributed by atoms with Crippen molar-refractivity contribution in [2.75, 3.05) is 0 Å². The van der Waals surface area contributed by atoms with Crippen molar-refractivity contribution in [3.63, 3.8) is 0 Å². The first kappa shape index (κ1) is 11.9. The zero-order chi connectivity index (χ0) is 12.4. The van der Waals surface area contributed by atoms with Gasteiger partial charge in [0.2, 0.25) is 0 Å². The van der Waals surface area contributed by atoms with Crippen LogP contribution in [0.4, 0.5) is 0 Å². The maximum atomic E-state index is 8.94. The molecule has 0 bridgehead atoms. The molecule has 0 radical (unpaired) electrons. The van der Waals surface area contributed by atoms with Crippen molar-refractivity contribution >= 4 is 0 Å². The Hall–Kier alpha value is -1.55. The summed E-state index contributed by atoms with van der Waals surface area (Å²) in [4.78, 5) is 0. The highest BCUT2D eigenvalue weighted by Crippen LogP contribution is 2.16. The van der Waals surface area contributed by atoms with Gasteiger partial charge >= 0.3 is 0 Å². The first-order chi connectivity index (χ1) is 8.15. The molecule has 0 saturated carbocycles. The van der Waals surface area contributed by atoms with E-state index in [0.717, 1.165) is 17.9 Å². The van der Waals surface area contributed by atoms with Crippen LogP contribution in [-0.2, 0) is 19.6 Å². The van der Waals surface area contributed by atoms with Crippen LogP contribution in [-0.4, -0.2) is 14.9 Å². The molecule has 0 spiro atoms. The SMILES string of the molecule is CCc1c(C)nn(Cc2ccc(CO)o2)c1C. The standard InChI is InChI=1S/C13H18N2O2/c1-4-13-9(2)14-15(10(13)3)7-11-5-6-12(8-16)17-11/h5-6,16H,4,7-8H2,1-3H3. The Balaban J connectivity index is 2.24. The number of aliphatic hydroxyl groups excluding tert-OH is 1. The molecule has 0 fully saturated rings. The van der Waals surface area contributed by atoms with Gasteiger partial charge < -0.3 is 9.52 Å². The van der Waals surface area contributed by atoms with Crippen molar-refractivity contribution in [1.29, 1.82) is 0 Å². The fourth-order valence-corrected chi connectivity index (χ4v) is 2.14. The van der Waals surface area contributed by atoms with Gasteiger partial charge in [-0.2, -0.15) is 5.10 Å². The number of rotatable bonds is 4. The number of aliphatic hydroxyl groups is 1. The summed E-state index contributed by atoms with van der Waals surface area (Å²) in [5.41, 5.74) is 3.57. The summed E-state index contributed by atoms with van der Waals surface area (Å²) >= 11 is 0. The van der Waals surface area contributed by atoms with Gasteiger partial charge in [-0.15, -0.1) is 0 Å². The van der Waals surface area contributed by atoms with Crippen LogP contribution in [0.25, 0.3) is 0 Å². The van der Waals surface area contributed by atoms with Crippen molar-refractivity contribution in [2.24, 2.45) is 0 Å². The fourth-order valence-electron chi connectivity index (χ4n) is 2.14. The molecule has 0 amide bonds. The van der Waals surface area contributed by atoms with Gasteiger partial charge in [-0.25, -0.2) is 0 Å². The van der Waals surface area contributed by atoms with Gasteiger partial charge in [0.05, 0.1) is 12.2 Å². The van der Waals surface area contributed by atoms with E-state index in [-0.39, 0.29) is 6.61 Å². The highest BCUT2D eigenvalue weighted by molar-refractivity contribution is 5.24. The number of aromatic nitrogens is 2. The highest BCUT2D eigenvalue weighted by Gasteiger charge is 2.11. The molecule has 0 unspecified atom stereocenters. The predicted octanol–water partition coefficient (Wildman–Crippen LogP) is 2.20. The minimum Gasteiger partial charge on any atom is -0.462 e. The molecule has 2 heterocycles. The van der Waals surface area contributed by atoms with Crippen LogP contribution in [0.15, 0.2) is 16.5 Å². The van der Waals surface area contributed by atoms with Crippen LogP contribution in [0.2, 0.25) is 0 Å². The summed E-state index contributed by atoms with van der Waals surface area (Å²) in [5, 5.41) is 13.4. The molecule has 2 aromatic rings. The molecule has 0 aliphatic carbocycles. The Morgan fingerprint density at radius 1 is 1.29 bits per heavy atom. The average molecular weight is 234 g/mol. The topological polar surface area (TPSA) is 51.2 Å². The number of furan rings is 1. The van der Waals surface area contributed by atoms with Crippen molar-refractivity contribution in [3.8, 4) is 0 Å². The van der Waals surface area contributed by atoms with Crippen molar-refractivity contribution < 1.29 is 9.52 Å². The first-order valence-electron chi connectivity index (χ1n) is 5.87. The Kier molecular flexibility index (Phi) is 3.33. The zero-order valence-electron chi connectivity index (χ0n) is 10.5. The second-order valence-corrected chi connectivity index (χ2v) is 4.19. The molecule has 0 aromatic carbocycles. The van der Waals surface area contributed by atoms with Gasteiger partial charge in [0.15, 0.2) is 0 Å². The largest absolute Gasteiger partial charge is 0.462 e. The van der Waals surface area contributed by atoms with Crippen LogP contribution in [0.3, 0.4) is 0 Å². The summed E-state index contributed by atoms with van der Waals surface area (Å²) in [7, 11) is 0. The van der Waals surface area contributed by atoms with Crippen LogP contribution >= 0.6 is 0 Å². The van der Waals surface area contributed by atoms with Crippen molar-refractivity contribution in [1.82, 2.24) is 9.78 Å². The summed E-state index contributed by atoms with van der Waals surface area (Å²) in [6, 6.07) is 3.68. The molecule has 2 aromatic heterocycles. The van der Waals surface area contributed by atoms with E-state index in [4.69, 9.17) is 9.52 Å². The monoisotopic (exact) mass is 234 g/mol. The second kappa shape index (κ2) is 4.75. The molecular weight excluding hydrogens is 216 g/mol. The van der Waals surface area contributed by atoms with Crippen molar-refractivity contribution in [2.45, 2.75) is 40.3 Å². The van der Waals surface area contributed by atoms with Gasteiger partial charge in [-0.1, -0.05) is 6.92 Å². The predicted molar refractivity (Wildman–Crippen MR) is 64.8 cm³/mol. The van der Waals surface area contributed by atoms with E-state index in [9.17, 15) is 0 Å². The van der Waals surface area contributed by atoms with Crippen LogP contribution in [0.1, 0.15) is 35.4 Å². The normalized spacial score (nSPS) is 11.1. The van der Waals surface area contributed by atoms with Gasteiger partial charge in [-0.3, -0.25) is 4.68 Å². The van der Waals surface area contributed by atoms with E-state index in [1.54, 1.807) is 6.07 Å². The molecule has 0 aliphatic rings. The molecule has 1 N–H and O–H groups in total. The number of hydrogen-bond acceptors (Lipinski definition) is 3.